The topological polar surface area (TPSA) is 53.9 Å². The molecular formula is C19H27N5. The van der Waals surface area contributed by atoms with Crippen molar-refractivity contribution in [3.8, 4) is 0 Å². The van der Waals surface area contributed by atoms with Gasteiger partial charge in [0.15, 0.2) is 0 Å². The van der Waals surface area contributed by atoms with Gasteiger partial charge in [0, 0.05) is 43.3 Å². The van der Waals surface area contributed by atoms with Crippen molar-refractivity contribution < 1.29 is 0 Å². The Morgan fingerprint density at radius 3 is 2.96 bits per heavy atom. The third kappa shape index (κ3) is 4.51. The van der Waals surface area contributed by atoms with Crippen LogP contribution in [0.2, 0.25) is 0 Å². The van der Waals surface area contributed by atoms with E-state index < -0.39 is 0 Å². The van der Waals surface area contributed by atoms with Crippen molar-refractivity contribution in [1.29, 1.82) is 0 Å². The Labute approximate surface area is 144 Å². The lowest BCUT2D eigenvalue weighted by Gasteiger charge is -2.33. The van der Waals surface area contributed by atoms with E-state index in [2.05, 4.69) is 51.1 Å². The fourth-order valence-corrected chi connectivity index (χ4v) is 3.24. The number of anilines is 1. The molecule has 0 bridgehead atoms. The smallest absolute Gasteiger partial charge is 0.130 e. The van der Waals surface area contributed by atoms with Crippen molar-refractivity contribution in [2.75, 3.05) is 18.4 Å². The first-order valence-corrected chi connectivity index (χ1v) is 8.83. The molecule has 5 nitrogen and oxygen atoms in total. The zero-order valence-corrected chi connectivity index (χ0v) is 14.9. The van der Waals surface area contributed by atoms with Crippen LogP contribution in [-0.2, 0) is 6.54 Å². The minimum Gasteiger partial charge on any atom is -0.366 e. The highest BCUT2D eigenvalue weighted by Gasteiger charge is 2.20. The average molecular weight is 325 g/mol. The monoisotopic (exact) mass is 325 g/mol. The van der Waals surface area contributed by atoms with Crippen LogP contribution in [0.25, 0.3) is 0 Å². The Kier molecular flexibility index (Phi) is 5.41. The second kappa shape index (κ2) is 7.71. The van der Waals surface area contributed by atoms with Gasteiger partial charge in [-0.25, -0.2) is 9.97 Å². The Hall–Kier alpha value is -2.01. The van der Waals surface area contributed by atoms with Gasteiger partial charge in [-0.3, -0.25) is 9.88 Å². The highest BCUT2D eigenvalue weighted by molar-refractivity contribution is 5.38. The van der Waals surface area contributed by atoms with Gasteiger partial charge in [-0.15, -0.1) is 0 Å². The standard InChI is InChI=1S/C19H27N5/c1-14(2)18-10-19(22-15(3)21-18)23-17-7-5-9-24(13-17)12-16-6-4-8-20-11-16/h4,6,8,10-11,14,17H,5,7,9,12-13H2,1-3H3,(H,21,22,23). The molecule has 0 aliphatic carbocycles. The van der Waals surface area contributed by atoms with Crippen molar-refractivity contribution in [3.63, 3.8) is 0 Å². The first kappa shape index (κ1) is 16.8. The number of hydrogen-bond acceptors (Lipinski definition) is 5. The van der Waals surface area contributed by atoms with Gasteiger partial charge >= 0.3 is 0 Å². The lowest BCUT2D eigenvalue weighted by Crippen LogP contribution is -2.41. The second-order valence-electron chi connectivity index (χ2n) is 6.96. The first-order chi connectivity index (χ1) is 11.6. The molecule has 0 saturated carbocycles. The molecular weight excluding hydrogens is 298 g/mol. The molecule has 2 aromatic rings. The van der Waals surface area contributed by atoms with Crippen LogP contribution in [0.1, 0.15) is 49.7 Å². The molecule has 1 N–H and O–H groups in total. The molecule has 3 heterocycles. The SMILES string of the molecule is Cc1nc(NC2CCCN(Cc3cccnc3)C2)cc(C(C)C)n1. The average Bonchev–Trinajstić information content (AvgIpc) is 2.55. The van der Waals surface area contributed by atoms with E-state index in [1.165, 1.54) is 18.4 Å². The fourth-order valence-electron chi connectivity index (χ4n) is 3.24. The van der Waals surface area contributed by atoms with Crippen molar-refractivity contribution in [1.82, 2.24) is 19.9 Å². The summed E-state index contributed by atoms with van der Waals surface area (Å²) in [4.78, 5) is 15.8. The molecule has 1 atom stereocenters. The largest absolute Gasteiger partial charge is 0.366 e. The number of nitrogens with zero attached hydrogens (tertiary/aromatic N) is 4. The molecule has 0 amide bonds. The van der Waals surface area contributed by atoms with Gasteiger partial charge in [-0.2, -0.15) is 0 Å². The Balaban J connectivity index is 1.63. The first-order valence-electron chi connectivity index (χ1n) is 8.83. The quantitative estimate of drug-likeness (QED) is 0.913. The number of pyridine rings is 1. The van der Waals surface area contributed by atoms with E-state index in [1.54, 1.807) is 0 Å². The molecule has 1 unspecified atom stereocenters. The van der Waals surface area contributed by atoms with Gasteiger partial charge < -0.3 is 5.32 Å². The van der Waals surface area contributed by atoms with Gasteiger partial charge in [0.1, 0.15) is 11.6 Å². The molecule has 24 heavy (non-hydrogen) atoms. The number of aromatic nitrogens is 3. The van der Waals surface area contributed by atoms with E-state index >= 15 is 0 Å². The fraction of sp³-hybridized carbons (Fsp3) is 0.526. The molecule has 3 rings (SSSR count). The van der Waals surface area contributed by atoms with E-state index in [9.17, 15) is 0 Å². The predicted octanol–water partition coefficient (Wildman–Crippen LogP) is 3.38. The molecule has 1 saturated heterocycles. The van der Waals surface area contributed by atoms with Crippen molar-refractivity contribution in [3.05, 3.63) is 47.7 Å². The lowest BCUT2D eigenvalue weighted by molar-refractivity contribution is 0.208. The molecule has 0 aromatic carbocycles. The van der Waals surface area contributed by atoms with E-state index in [4.69, 9.17) is 0 Å². The lowest BCUT2D eigenvalue weighted by atomic mass is 10.0. The summed E-state index contributed by atoms with van der Waals surface area (Å²) in [5.74, 6) is 2.21. The highest BCUT2D eigenvalue weighted by Crippen LogP contribution is 2.19. The van der Waals surface area contributed by atoms with E-state index in [0.29, 0.717) is 12.0 Å². The maximum atomic E-state index is 4.57. The van der Waals surface area contributed by atoms with Crippen LogP contribution in [0, 0.1) is 6.92 Å². The Bertz CT molecular complexity index is 656. The van der Waals surface area contributed by atoms with E-state index in [0.717, 1.165) is 37.0 Å². The number of likely N-dealkylation sites (tertiary alicyclic amines) is 1. The van der Waals surface area contributed by atoms with Gasteiger partial charge in [0.2, 0.25) is 0 Å². The maximum Gasteiger partial charge on any atom is 0.130 e. The maximum absolute atomic E-state index is 4.57. The van der Waals surface area contributed by atoms with Crippen LogP contribution in [0.3, 0.4) is 0 Å². The number of piperidine rings is 1. The predicted molar refractivity (Wildman–Crippen MR) is 97.0 cm³/mol. The molecule has 0 spiro atoms. The van der Waals surface area contributed by atoms with Crippen LogP contribution >= 0.6 is 0 Å². The highest BCUT2D eigenvalue weighted by atomic mass is 15.2. The zero-order chi connectivity index (χ0) is 16.9. The summed E-state index contributed by atoms with van der Waals surface area (Å²) in [5.41, 5.74) is 2.38. The normalized spacial score (nSPS) is 18.8. The van der Waals surface area contributed by atoms with Crippen molar-refractivity contribution in [2.45, 2.75) is 52.1 Å². The molecule has 1 aliphatic rings. The minimum atomic E-state index is 0.417. The Morgan fingerprint density at radius 1 is 1.33 bits per heavy atom. The molecule has 5 heteroatoms. The van der Waals surface area contributed by atoms with Crippen molar-refractivity contribution in [2.24, 2.45) is 0 Å². The molecule has 1 fully saturated rings. The third-order valence-corrected chi connectivity index (χ3v) is 4.44. The summed E-state index contributed by atoms with van der Waals surface area (Å²) in [6, 6.07) is 6.68. The van der Waals surface area contributed by atoms with E-state index in [-0.39, 0.29) is 0 Å². The van der Waals surface area contributed by atoms with Gasteiger partial charge in [0.25, 0.3) is 0 Å². The number of rotatable bonds is 5. The number of nitrogens with one attached hydrogen (secondary N) is 1. The number of hydrogen-bond donors (Lipinski definition) is 1. The summed E-state index contributed by atoms with van der Waals surface area (Å²) < 4.78 is 0. The van der Waals surface area contributed by atoms with Gasteiger partial charge in [0.05, 0.1) is 0 Å². The minimum absolute atomic E-state index is 0.417. The van der Waals surface area contributed by atoms with Crippen LogP contribution in [0.5, 0.6) is 0 Å². The molecule has 1 aliphatic heterocycles. The summed E-state index contributed by atoms with van der Waals surface area (Å²) >= 11 is 0. The summed E-state index contributed by atoms with van der Waals surface area (Å²) in [7, 11) is 0. The van der Waals surface area contributed by atoms with Gasteiger partial charge in [-0.1, -0.05) is 19.9 Å². The molecule has 0 radical (unpaired) electrons. The Morgan fingerprint density at radius 2 is 2.21 bits per heavy atom. The summed E-state index contributed by atoms with van der Waals surface area (Å²) in [6.45, 7) is 9.45. The van der Waals surface area contributed by atoms with E-state index in [1.807, 2.05) is 25.4 Å². The van der Waals surface area contributed by atoms with Crippen molar-refractivity contribution >= 4 is 5.82 Å². The second-order valence-corrected chi connectivity index (χ2v) is 6.96. The van der Waals surface area contributed by atoms with Crippen LogP contribution in [0.15, 0.2) is 30.6 Å². The third-order valence-electron chi connectivity index (χ3n) is 4.44. The molecule has 128 valence electrons. The number of aryl methyl sites for hydroxylation is 1. The van der Waals surface area contributed by atoms with Gasteiger partial charge in [-0.05, 0) is 43.9 Å². The zero-order valence-electron chi connectivity index (χ0n) is 14.9. The summed E-state index contributed by atoms with van der Waals surface area (Å²) in [6.07, 6.45) is 6.18. The van der Waals surface area contributed by atoms with Crippen LogP contribution < -0.4 is 5.32 Å². The van der Waals surface area contributed by atoms with Crippen LogP contribution in [-0.4, -0.2) is 39.0 Å². The van der Waals surface area contributed by atoms with Crippen LogP contribution in [0.4, 0.5) is 5.82 Å². The summed E-state index contributed by atoms with van der Waals surface area (Å²) in [5, 5.41) is 3.62. The molecule has 2 aromatic heterocycles.